The van der Waals surface area contributed by atoms with E-state index in [2.05, 4.69) is 33.9 Å². The van der Waals surface area contributed by atoms with Gasteiger partial charge >= 0.3 is 0 Å². The summed E-state index contributed by atoms with van der Waals surface area (Å²) >= 11 is 5.27. The molecule has 0 saturated heterocycles. The van der Waals surface area contributed by atoms with Crippen LogP contribution in [0.15, 0.2) is 24.4 Å². The summed E-state index contributed by atoms with van der Waals surface area (Å²) in [6.45, 7) is 6.72. The molecule has 0 bridgehead atoms. The number of hydrogen-bond acceptors (Lipinski definition) is 4. The van der Waals surface area contributed by atoms with E-state index in [1.165, 1.54) is 0 Å². The topological polar surface area (TPSA) is 49.7 Å². The Labute approximate surface area is 118 Å². The van der Waals surface area contributed by atoms with Gasteiger partial charge in [-0.1, -0.05) is 13.0 Å². The van der Waals surface area contributed by atoms with E-state index in [1.807, 2.05) is 29.0 Å². The standard InChI is InChI=1S/C13H19N5S/c1-3-9-18-12(15-16-13(18)19)17(4-2)10-11-7-5-6-8-14-11/h5-8H,3-4,9-10H2,1-2H3,(H,16,19). The Bertz CT molecular complexity index is 560. The fourth-order valence-electron chi connectivity index (χ4n) is 1.99. The quantitative estimate of drug-likeness (QED) is 0.825. The zero-order valence-electron chi connectivity index (χ0n) is 11.3. The highest BCUT2D eigenvalue weighted by Crippen LogP contribution is 2.14. The van der Waals surface area contributed by atoms with Gasteiger partial charge in [0.1, 0.15) is 0 Å². The minimum absolute atomic E-state index is 0.677. The molecule has 5 nitrogen and oxygen atoms in total. The van der Waals surface area contributed by atoms with Gasteiger partial charge in [-0.3, -0.25) is 9.55 Å². The molecular formula is C13H19N5S. The molecule has 0 aliphatic heterocycles. The molecule has 2 aromatic rings. The van der Waals surface area contributed by atoms with Crippen molar-refractivity contribution in [2.24, 2.45) is 0 Å². The van der Waals surface area contributed by atoms with Gasteiger partial charge in [0, 0.05) is 19.3 Å². The lowest BCUT2D eigenvalue weighted by Gasteiger charge is -2.21. The third-order valence-corrected chi connectivity index (χ3v) is 3.24. The number of aromatic amines is 1. The van der Waals surface area contributed by atoms with Gasteiger partial charge in [0.2, 0.25) is 5.95 Å². The second-order valence-electron chi connectivity index (χ2n) is 4.32. The Morgan fingerprint density at radius 3 is 2.84 bits per heavy atom. The van der Waals surface area contributed by atoms with Gasteiger partial charge < -0.3 is 4.90 Å². The molecule has 0 saturated carbocycles. The third kappa shape index (κ3) is 3.20. The van der Waals surface area contributed by atoms with Crippen LogP contribution in [0.2, 0.25) is 0 Å². The van der Waals surface area contributed by atoms with Crippen molar-refractivity contribution in [3.8, 4) is 0 Å². The van der Waals surface area contributed by atoms with Gasteiger partial charge in [0.15, 0.2) is 4.77 Å². The molecule has 19 heavy (non-hydrogen) atoms. The molecule has 0 unspecified atom stereocenters. The SMILES string of the molecule is CCCn1c(N(CC)Cc2ccccn2)n[nH]c1=S. The zero-order chi connectivity index (χ0) is 13.7. The summed E-state index contributed by atoms with van der Waals surface area (Å²) in [5, 5.41) is 7.22. The number of rotatable bonds is 6. The number of pyridine rings is 1. The van der Waals surface area contributed by atoms with E-state index in [4.69, 9.17) is 12.2 Å². The van der Waals surface area contributed by atoms with Crippen molar-refractivity contribution >= 4 is 18.2 Å². The van der Waals surface area contributed by atoms with E-state index >= 15 is 0 Å². The second-order valence-corrected chi connectivity index (χ2v) is 4.70. The lowest BCUT2D eigenvalue weighted by molar-refractivity contribution is 0.642. The molecule has 0 radical (unpaired) electrons. The number of hydrogen-bond donors (Lipinski definition) is 1. The molecule has 0 fully saturated rings. The highest BCUT2D eigenvalue weighted by Gasteiger charge is 2.13. The average molecular weight is 277 g/mol. The predicted molar refractivity (Wildman–Crippen MR) is 78.7 cm³/mol. The molecule has 2 rings (SSSR count). The van der Waals surface area contributed by atoms with Crippen LogP contribution >= 0.6 is 12.2 Å². The molecule has 0 spiro atoms. The molecule has 0 aromatic carbocycles. The molecule has 6 heteroatoms. The van der Waals surface area contributed by atoms with E-state index in [9.17, 15) is 0 Å². The first-order valence-electron chi connectivity index (χ1n) is 6.56. The van der Waals surface area contributed by atoms with Crippen molar-refractivity contribution in [3.05, 3.63) is 34.9 Å². The van der Waals surface area contributed by atoms with Crippen molar-refractivity contribution in [2.75, 3.05) is 11.4 Å². The number of nitrogens with one attached hydrogen (secondary N) is 1. The summed E-state index contributed by atoms with van der Waals surface area (Å²) in [5.41, 5.74) is 1.03. The zero-order valence-corrected chi connectivity index (χ0v) is 12.2. The van der Waals surface area contributed by atoms with E-state index in [-0.39, 0.29) is 0 Å². The van der Waals surface area contributed by atoms with Gasteiger partial charge in [-0.05, 0) is 37.7 Å². The summed E-state index contributed by atoms with van der Waals surface area (Å²) in [4.78, 5) is 6.53. The molecule has 0 amide bonds. The first kappa shape index (κ1) is 13.7. The maximum Gasteiger partial charge on any atom is 0.226 e. The molecule has 0 aliphatic carbocycles. The highest BCUT2D eigenvalue weighted by molar-refractivity contribution is 7.71. The van der Waals surface area contributed by atoms with E-state index < -0.39 is 0 Å². The number of anilines is 1. The van der Waals surface area contributed by atoms with Crippen LogP contribution in [0, 0.1) is 4.77 Å². The summed E-state index contributed by atoms with van der Waals surface area (Å²) in [6.07, 6.45) is 2.84. The molecule has 2 heterocycles. The number of nitrogens with zero attached hydrogens (tertiary/aromatic N) is 4. The Hall–Kier alpha value is -1.69. The van der Waals surface area contributed by atoms with E-state index in [1.54, 1.807) is 0 Å². The van der Waals surface area contributed by atoms with Gasteiger partial charge in [-0.2, -0.15) is 0 Å². The summed E-state index contributed by atoms with van der Waals surface area (Å²) in [5.74, 6) is 0.889. The molecule has 102 valence electrons. The largest absolute Gasteiger partial charge is 0.335 e. The Morgan fingerprint density at radius 1 is 1.37 bits per heavy atom. The number of aromatic nitrogens is 4. The minimum Gasteiger partial charge on any atom is -0.335 e. The van der Waals surface area contributed by atoms with Crippen LogP contribution in [-0.4, -0.2) is 26.3 Å². The Balaban J connectivity index is 2.25. The van der Waals surface area contributed by atoms with Crippen molar-refractivity contribution in [1.82, 2.24) is 19.7 Å². The molecule has 0 atom stereocenters. The normalized spacial score (nSPS) is 10.6. The summed E-state index contributed by atoms with van der Waals surface area (Å²) in [7, 11) is 0. The van der Waals surface area contributed by atoms with Crippen LogP contribution in [0.25, 0.3) is 0 Å². The lowest BCUT2D eigenvalue weighted by atomic mass is 10.3. The van der Waals surface area contributed by atoms with Crippen molar-refractivity contribution in [2.45, 2.75) is 33.4 Å². The van der Waals surface area contributed by atoms with Crippen molar-refractivity contribution in [3.63, 3.8) is 0 Å². The summed E-state index contributed by atoms with van der Waals surface area (Å²) in [6, 6.07) is 5.94. The Morgan fingerprint density at radius 2 is 2.21 bits per heavy atom. The predicted octanol–water partition coefficient (Wildman–Crippen LogP) is 2.77. The monoisotopic (exact) mass is 277 g/mol. The maximum absolute atomic E-state index is 5.27. The van der Waals surface area contributed by atoms with Crippen LogP contribution in [0.5, 0.6) is 0 Å². The van der Waals surface area contributed by atoms with Crippen LogP contribution in [0.4, 0.5) is 5.95 Å². The fraction of sp³-hybridized carbons (Fsp3) is 0.462. The fourth-order valence-corrected chi connectivity index (χ4v) is 2.21. The van der Waals surface area contributed by atoms with E-state index in [0.717, 1.165) is 37.7 Å². The first-order valence-corrected chi connectivity index (χ1v) is 6.97. The maximum atomic E-state index is 5.27. The first-order chi connectivity index (χ1) is 9.26. The van der Waals surface area contributed by atoms with Gasteiger partial charge in [0.25, 0.3) is 0 Å². The molecule has 1 N–H and O–H groups in total. The number of H-pyrrole nitrogens is 1. The van der Waals surface area contributed by atoms with Crippen LogP contribution < -0.4 is 4.90 Å². The van der Waals surface area contributed by atoms with E-state index in [0.29, 0.717) is 4.77 Å². The second kappa shape index (κ2) is 6.47. The molecule has 0 aliphatic rings. The Kier molecular flexibility index (Phi) is 4.68. The van der Waals surface area contributed by atoms with Gasteiger partial charge in [0.05, 0.1) is 12.2 Å². The third-order valence-electron chi connectivity index (χ3n) is 2.93. The van der Waals surface area contributed by atoms with Gasteiger partial charge in [-0.25, -0.2) is 5.10 Å². The minimum atomic E-state index is 0.677. The van der Waals surface area contributed by atoms with Crippen molar-refractivity contribution in [1.29, 1.82) is 0 Å². The van der Waals surface area contributed by atoms with Crippen LogP contribution in [0.1, 0.15) is 26.0 Å². The van der Waals surface area contributed by atoms with Crippen molar-refractivity contribution < 1.29 is 0 Å². The lowest BCUT2D eigenvalue weighted by Crippen LogP contribution is -2.26. The summed E-state index contributed by atoms with van der Waals surface area (Å²) < 4.78 is 2.72. The van der Waals surface area contributed by atoms with Gasteiger partial charge in [-0.15, -0.1) is 5.10 Å². The van der Waals surface area contributed by atoms with Crippen LogP contribution in [0.3, 0.4) is 0 Å². The highest BCUT2D eigenvalue weighted by atomic mass is 32.1. The van der Waals surface area contributed by atoms with Crippen LogP contribution in [-0.2, 0) is 13.1 Å². The smallest absolute Gasteiger partial charge is 0.226 e. The molecule has 2 aromatic heterocycles. The molecular weight excluding hydrogens is 258 g/mol. The average Bonchev–Trinajstić information content (AvgIpc) is 2.79.